The number of likely N-dealkylation sites (tertiary alicyclic amines) is 1. The molecule has 1 aliphatic heterocycles. The predicted octanol–water partition coefficient (Wildman–Crippen LogP) is 4.62. The number of thiazole rings is 1. The van der Waals surface area contributed by atoms with Crippen LogP contribution in [0.15, 0.2) is 16.7 Å². The van der Waals surface area contributed by atoms with Gasteiger partial charge in [0.2, 0.25) is 5.91 Å². The van der Waals surface area contributed by atoms with Crippen LogP contribution in [-0.4, -0.2) is 34.0 Å². The zero-order chi connectivity index (χ0) is 20.5. The molecule has 2 aromatic heterocycles. The van der Waals surface area contributed by atoms with Crippen LogP contribution >= 0.6 is 11.3 Å². The second-order valence-corrected chi connectivity index (χ2v) is 9.38. The van der Waals surface area contributed by atoms with Gasteiger partial charge in [-0.25, -0.2) is 4.98 Å². The molecule has 1 fully saturated rings. The van der Waals surface area contributed by atoms with Crippen LogP contribution < -0.4 is 5.32 Å². The van der Waals surface area contributed by atoms with Crippen molar-refractivity contribution >= 4 is 33.3 Å². The number of benzene rings is 1. The lowest BCUT2D eigenvalue weighted by Gasteiger charge is -2.29. The van der Waals surface area contributed by atoms with Gasteiger partial charge in [0.1, 0.15) is 5.69 Å². The molecule has 0 radical (unpaired) electrons. The minimum Gasteiger partial charge on any atom is -0.356 e. The van der Waals surface area contributed by atoms with E-state index in [0.717, 1.165) is 53.3 Å². The van der Waals surface area contributed by atoms with Crippen LogP contribution in [0.4, 0.5) is 5.13 Å². The first kappa shape index (κ1) is 20.0. The molecule has 0 atom stereocenters. The Labute approximate surface area is 175 Å². The lowest BCUT2D eigenvalue weighted by molar-refractivity contribution is -0.115. The zero-order valence-electron chi connectivity index (χ0n) is 17.5. The van der Waals surface area contributed by atoms with Crippen LogP contribution in [0.25, 0.3) is 11.0 Å². The number of carbonyl (C=O) groups excluding carboxylic acids is 1. The summed E-state index contributed by atoms with van der Waals surface area (Å²) in [6, 6.07) is 4.04. The first-order valence-corrected chi connectivity index (χ1v) is 11.0. The Kier molecular flexibility index (Phi) is 5.69. The number of nitrogens with one attached hydrogen (secondary N) is 1. The molecule has 0 spiro atoms. The monoisotopic (exact) mass is 412 g/mol. The number of anilines is 1. The molecule has 1 aromatic carbocycles. The zero-order valence-corrected chi connectivity index (χ0v) is 18.4. The molecule has 0 bridgehead atoms. The summed E-state index contributed by atoms with van der Waals surface area (Å²) in [7, 11) is 0. The molecule has 154 valence electrons. The van der Waals surface area contributed by atoms with E-state index in [4.69, 9.17) is 4.52 Å². The summed E-state index contributed by atoms with van der Waals surface area (Å²) in [6.45, 7) is 11.6. The van der Waals surface area contributed by atoms with E-state index in [-0.39, 0.29) is 12.3 Å². The van der Waals surface area contributed by atoms with E-state index in [0.29, 0.717) is 10.8 Å². The first-order chi connectivity index (χ1) is 13.9. The summed E-state index contributed by atoms with van der Waals surface area (Å²) in [5.41, 5.74) is 4.60. The Hall–Kier alpha value is -2.25. The van der Waals surface area contributed by atoms with Gasteiger partial charge in [-0.2, -0.15) is 0 Å². The van der Waals surface area contributed by atoms with Crippen molar-refractivity contribution in [3.63, 3.8) is 0 Å². The van der Waals surface area contributed by atoms with Crippen LogP contribution in [0.2, 0.25) is 0 Å². The fourth-order valence-electron chi connectivity index (χ4n) is 4.01. The maximum absolute atomic E-state index is 12.6. The molecule has 0 aliphatic carbocycles. The van der Waals surface area contributed by atoms with Crippen molar-refractivity contribution < 1.29 is 9.32 Å². The highest BCUT2D eigenvalue weighted by atomic mass is 32.1. The summed E-state index contributed by atoms with van der Waals surface area (Å²) >= 11 is 1.58. The normalized spacial score (nSPS) is 15.9. The molecule has 29 heavy (non-hydrogen) atoms. The second kappa shape index (κ2) is 8.24. The summed E-state index contributed by atoms with van der Waals surface area (Å²) in [4.78, 5) is 20.9. The number of aryl methyl sites for hydroxylation is 3. The minimum absolute atomic E-state index is 0.118. The Morgan fingerprint density at radius 1 is 1.28 bits per heavy atom. The molecule has 6 nitrogen and oxygen atoms in total. The van der Waals surface area contributed by atoms with Crippen LogP contribution in [0.3, 0.4) is 0 Å². The molecule has 4 rings (SSSR count). The highest BCUT2D eigenvalue weighted by Gasteiger charge is 2.20. The van der Waals surface area contributed by atoms with Gasteiger partial charge in [-0.15, -0.1) is 11.3 Å². The van der Waals surface area contributed by atoms with E-state index >= 15 is 0 Å². The third-order valence-corrected chi connectivity index (χ3v) is 6.75. The molecule has 1 amide bonds. The third-order valence-electron chi connectivity index (χ3n) is 5.70. The van der Waals surface area contributed by atoms with Gasteiger partial charge in [-0.1, -0.05) is 18.1 Å². The average molecular weight is 413 g/mol. The van der Waals surface area contributed by atoms with Crippen molar-refractivity contribution in [3.8, 4) is 0 Å². The van der Waals surface area contributed by atoms with E-state index in [1.807, 2.05) is 26.8 Å². The quantitative estimate of drug-likeness (QED) is 0.662. The van der Waals surface area contributed by atoms with Crippen molar-refractivity contribution in [3.05, 3.63) is 39.5 Å². The van der Waals surface area contributed by atoms with Gasteiger partial charge in [0.05, 0.1) is 12.1 Å². The number of hydrogen-bond acceptors (Lipinski definition) is 6. The summed E-state index contributed by atoms with van der Waals surface area (Å²) in [5, 5.41) is 8.67. The highest BCUT2D eigenvalue weighted by Crippen LogP contribution is 2.27. The molecule has 1 saturated heterocycles. The summed E-state index contributed by atoms with van der Waals surface area (Å²) in [6.07, 6.45) is 2.69. The van der Waals surface area contributed by atoms with E-state index in [9.17, 15) is 4.79 Å². The average Bonchev–Trinajstić information content (AvgIpc) is 3.20. The SMILES string of the molecule is Cc1cc(C)c2c(CC(=O)Nc3nc(C)c(CN4CCC(C)CC4)s3)noc2c1. The topological polar surface area (TPSA) is 71.3 Å². The van der Waals surface area contributed by atoms with Gasteiger partial charge in [-0.05, 0) is 69.8 Å². The third kappa shape index (κ3) is 4.51. The maximum Gasteiger partial charge on any atom is 0.232 e. The number of aromatic nitrogens is 2. The molecule has 7 heteroatoms. The van der Waals surface area contributed by atoms with Gasteiger partial charge in [-0.3, -0.25) is 9.69 Å². The number of carbonyl (C=O) groups is 1. The number of fused-ring (bicyclic) bond motifs is 1. The van der Waals surface area contributed by atoms with Crippen molar-refractivity contribution in [1.29, 1.82) is 0 Å². The van der Waals surface area contributed by atoms with Crippen molar-refractivity contribution in [2.45, 2.75) is 53.5 Å². The van der Waals surface area contributed by atoms with Gasteiger partial charge >= 0.3 is 0 Å². The molecule has 3 aromatic rings. The Bertz CT molecular complexity index is 1030. The molecular formula is C22H28N4O2S. The fourth-order valence-corrected chi connectivity index (χ4v) is 5.03. The van der Waals surface area contributed by atoms with Gasteiger partial charge in [0.15, 0.2) is 10.7 Å². The number of nitrogens with zero attached hydrogens (tertiary/aromatic N) is 3. The Morgan fingerprint density at radius 3 is 2.79 bits per heavy atom. The summed E-state index contributed by atoms with van der Waals surface area (Å²) < 4.78 is 5.43. The smallest absolute Gasteiger partial charge is 0.232 e. The highest BCUT2D eigenvalue weighted by molar-refractivity contribution is 7.15. The van der Waals surface area contributed by atoms with E-state index in [1.165, 1.54) is 17.7 Å². The molecule has 0 saturated carbocycles. The van der Waals surface area contributed by atoms with Crippen LogP contribution in [-0.2, 0) is 17.8 Å². The Morgan fingerprint density at radius 2 is 2.03 bits per heavy atom. The molecule has 0 unspecified atom stereocenters. The number of amides is 1. The van der Waals surface area contributed by atoms with Crippen LogP contribution in [0, 0.1) is 26.7 Å². The molecule has 1 N–H and O–H groups in total. The van der Waals surface area contributed by atoms with Gasteiger partial charge < -0.3 is 9.84 Å². The molecule has 3 heterocycles. The van der Waals surface area contributed by atoms with E-state index < -0.39 is 0 Å². The fraction of sp³-hybridized carbons (Fsp3) is 0.500. The van der Waals surface area contributed by atoms with Crippen molar-refractivity contribution in [1.82, 2.24) is 15.0 Å². The molecule has 1 aliphatic rings. The summed E-state index contributed by atoms with van der Waals surface area (Å²) in [5.74, 6) is 0.705. The van der Waals surface area contributed by atoms with Gasteiger partial charge in [0, 0.05) is 16.8 Å². The largest absolute Gasteiger partial charge is 0.356 e. The van der Waals surface area contributed by atoms with Crippen LogP contribution in [0.1, 0.15) is 47.2 Å². The Balaban J connectivity index is 1.41. The van der Waals surface area contributed by atoms with Crippen LogP contribution in [0.5, 0.6) is 0 Å². The lowest BCUT2D eigenvalue weighted by atomic mass is 9.99. The van der Waals surface area contributed by atoms with Crippen molar-refractivity contribution in [2.24, 2.45) is 5.92 Å². The number of rotatable bonds is 5. The van der Waals surface area contributed by atoms with E-state index in [1.54, 1.807) is 11.3 Å². The first-order valence-electron chi connectivity index (χ1n) is 10.2. The van der Waals surface area contributed by atoms with Gasteiger partial charge in [0.25, 0.3) is 0 Å². The molecular weight excluding hydrogens is 384 g/mol. The minimum atomic E-state index is -0.118. The number of piperidine rings is 1. The maximum atomic E-state index is 12.6. The second-order valence-electron chi connectivity index (χ2n) is 8.30. The van der Waals surface area contributed by atoms with E-state index in [2.05, 4.69) is 33.3 Å². The number of hydrogen-bond donors (Lipinski definition) is 1. The predicted molar refractivity (Wildman–Crippen MR) is 116 cm³/mol. The lowest BCUT2D eigenvalue weighted by Crippen LogP contribution is -2.32. The standard InChI is InChI=1S/C22H28N4O2S/c1-13-5-7-26(8-6-13)12-19-16(4)23-22(29-19)24-20(27)11-17-21-15(3)9-14(2)10-18(21)28-25-17/h9-10,13H,5-8,11-12H2,1-4H3,(H,23,24,27). The van der Waals surface area contributed by atoms with Crippen molar-refractivity contribution in [2.75, 3.05) is 18.4 Å².